The number of halogens is 3. The van der Waals surface area contributed by atoms with Crippen molar-refractivity contribution in [1.82, 2.24) is 0 Å². The molecule has 10 heavy (non-hydrogen) atoms. The van der Waals surface area contributed by atoms with E-state index in [9.17, 15) is 13.2 Å². The lowest BCUT2D eigenvalue weighted by Crippen LogP contribution is -2.24. The van der Waals surface area contributed by atoms with Crippen molar-refractivity contribution in [3.63, 3.8) is 0 Å². The topological polar surface area (TPSA) is 21.6 Å². The molecule has 0 aliphatic carbocycles. The van der Waals surface area contributed by atoms with E-state index in [2.05, 4.69) is 15.3 Å². The van der Waals surface area contributed by atoms with Crippen LogP contribution >= 0.6 is 11.9 Å². The predicted octanol–water partition coefficient (Wildman–Crippen LogP) is 1.50. The minimum Gasteiger partial charge on any atom is -0.281 e. The molecule has 0 fully saturated rings. The van der Waals surface area contributed by atoms with Crippen LogP contribution in [0.15, 0.2) is 4.40 Å². The SMILES string of the molecule is FC(F)(F)OC1[C]=NSC1. The van der Waals surface area contributed by atoms with Crippen LogP contribution in [0, 0.1) is 0 Å². The Kier molecular flexibility index (Phi) is 2.20. The summed E-state index contributed by atoms with van der Waals surface area (Å²) in [5, 5.41) is 0. The van der Waals surface area contributed by atoms with Gasteiger partial charge in [0, 0.05) is 5.75 Å². The summed E-state index contributed by atoms with van der Waals surface area (Å²) in [6, 6.07) is 0. The Morgan fingerprint density at radius 2 is 2.30 bits per heavy atom. The zero-order valence-electron chi connectivity index (χ0n) is 4.68. The van der Waals surface area contributed by atoms with Gasteiger partial charge in [0.15, 0.2) is 0 Å². The van der Waals surface area contributed by atoms with Crippen molar-refractivity contribution in [2.24, 2.45) is 4.40 Å². The summed E-state index contributed by atoms with van der Waals surface area (Å²) in [7, 11) is 0. The normalized spacial score (nSPS) is 25.7. The first kappa shape index (κ1) is 7.87. The fraction of sp³-hybridized carbons (Fsp3) is 0.750. The first-order valence-electron chi connectivity index (χ1n) is 2.40. The monoisotopic (exact) mass is 170 g/mol. The van der Waals surface area contributed by atoms with Crippen molar-refractivity contribution in [1.29, 1.82) is 0 Å². The van der Waals surface area contributed by atoms with E-state index < -0.39 is 12.5 Å². The molecule has 0 aromatic carbocycles. The van der Waals surface area contributed by atoms with Gasteiger partial charge in [-0.05, 0) is 11.9 Å². The Hall–Kier alpha value is -0.230. The molecule has 1 unspecified atom stereocenters. The Labute approximate surface area is 59.6 Å². The molecule has 0 saturated carbocycles. The average Bonchev–Trinajstić information content (AvgIpc) is 2.12. The third-order valence-corrected chi connectivity index (χ3v) is 1.45. The van der Waals surface area contributed by atoms with Crippen LogP contribution < -0.4 is 0 Å². The van der Waals surface area contributed by atoms with Gasteiger partial charge in [-0.15, -0.1) is 13.2 Å². The average molecular weight is 170 g/mol. The van der Waals surface area contributed by atoms with Crippen LogP contribution in [0.5, 0.6) is 0 Å². The maximum Gasteiger partial charge on any atom is 0.523 e. The van der Waals surface area contributed by atoms with Gasteiger partial charge in [0.2, 0.25) is 0 Å². The lowest BCUT2D eigenvalue weighted by atomic mass is 10.4. The quantitative estimate of drug-likeness (QED) is 0.556. The highest BCUT2D eigenvalue weighted by Gasteiger charge is 2.34. The van der Waals surface area contributed by atoms with Crippen LogP contribution in [0.3, 0.4) is 0 Å². The van der Waals surface area contributed by atoms with E-state index in [4.69, 9.17) is 0 Å². The second-order valence-electron chi connectivity index (χ2n) is 1.57. The summed E-state index contributed by atoms with van der Waals surface area (Å²) in [6.45, 7) is 0. The first-order valence-corrected chi connectivity index (χ1v) is 3.34. The van der Waals surface area contributed by atoms with Gasteiger partial charge in [-0.25, -0.2) is 4.40 Å². The van der Waals surface area contributed by atoms with E-state index in [1.807, 2.05) is 0 Å². The number of rotatable bonds is 1. The number of hydrogen-bond acceptors (Lipinski definition) is 3. The minimum atomic E-state index is -4.57. The van der Waals surface area contributed by atoms with Gasteiger partial charge in [0.25, 0.3) is 0 Å². The highest BCUT2D eigenvalue weighted by Crippen LogP contribution is 2.22. The number of nitrogens with zero attached hydrogens (tertiary/aromatic N) is 1. The third kappa shape index (κ3) is 2.57. The van der Waals surface area contributed by atoms with Crippen molar-refractivity contribution in [2.75, 3.05) is 5.75 Å². The zero-order valence-corrected chi connectivity index (χ0v) is 5.50. The molecule has 0 aromatic heterocycles. The molecule has 1 atom stereocenters. The molecule has 57 valence electrons. The molecular formula is C4H3F3NOS. The standard InChI is InChI=1S/C4H3F3NOS/c5-4(6,7)9-3-1-8-10-2-3/h3H,2H2. The van der Waals surface area contributed by atoms with Crippen LogP contribution in [0.1, 0.15) is 0 Å². The Bertz CT molecular complexity index is 146. The molecule has 1 rings (SSSR count). The molecule has 0 spiro atoms. The molecule has 1 heterocycles. The van der Waals surface area contributed by atoms with Crippen LogP contribution in [-0.2, 0) is 4.74 Å². The van der Waals surface area contributed by atoms with Crippen LogP contribution in [0.2, 0.25) is 0 Å². The van der Waals surface area contributed by atoms with Crippen LogP contribution in [-0.4, -0.2) is 24.4 Å². The van der Waals surface area contributed by atoms with Gasteiger partial charge in [0.05, 0.1) is 0 Å². The van der Waals surface area contributed by atoms with E-state index in [0.717, 1.165) is 11.9 Å². The van der Waals surface area contributed by atoms with Gasteiger partial charge >= 0.3 is 6.36 Å². The molecule has 6 heteroatoms. The molecule has 2 nitrogen and oxygen atoms in total. The van der Waals surface area contributed by atoms with Gasteiger partial charge in [-0.3, -0.25) is 4.74 Å². The number of ether oxygens (including phenoxy) is 1. The van der Waals surface area contributed by atoms with E-state index in [1.54, 1.807) is 0 Å². The molecule has 0 bridgehead atoms. The molecule has 1 aliphatic heterocycles. The Morgan fingerprint density at radius 1 is 1.60 bits per heavy atom. The maximum atomic E-state index is 11.4. The lowest BCUT2D eigenvalue weighted by Gasteiger charge is -2.09. The minimum absolute atomic E-state index is 0.194. The Morgan fingerprint density at radius 3 is 2.70 bits per heavy atom. The van der Waals surface area contributed by atoms with Crippen molar-refractivity contribution in [2.45, 2.75) is 12.5 Å². The smallest absolute Gasteiger partial charge is 0.281 e. The van der Waals surface area contributed by atoms with Crippen molar-refractivity contribution in [3.8, 4) is 0 Å². The molecule has 1 aliphatic rings. The van der Waals surface area contributed by atoms with Crippen molar-refractivity contribution < 1.29 is 17.9 Å². The van der Waals surface area contributed by atoms with Gasteiger partial charge < -0.3 is 0 Å². The summed E-state index contributed by atoms with van der Waals surface area (Å²) in [6.07, 6.45) is -3.44. The van der Waals surface area contributed by atoms with E-state index in [-0.39, 0.29) is 5.75 Å². The Balaban J connectivity index is 2.31. The highest BCUT2D eigenvalue weighted by molar-refractivity contribution is 7.98. The summed E-state index contributed by atoms with van der Waals surface area (Å²) < 4.78 is 41.1. The summed E-state index contributed by atoms with van der Waals surface area (Å²) in [5.74, 6) is 0.194. The van der Waals surface area contributed by atoms with E-state index in [0.29, 0.717) is 0 Å². The van der Waals surface area contributed by atoms with Crippen LogP contribution in [0.4, 0.5) is 13.2 Å². The molecule has 1 radical (unpaired) electrons. The largest absolute Gasteiger partial charge is 0.523 e. The summed E-state index contributed by atoms with van der Waals surface area (Å²) in [5.41, 5.74) is 0. The molecule has 0 saturated heterocycles. The highest BCUT2D eigenvalue weighted by atomic mass is 32.2. The van der Waals surface area contributed by atoms with E-state index >= 15 is 0 Å². The molecule has 0 N–H and O–H groups in total. The molecular weight excluding hydrogens is 167 g/mol. The molecule has 0 amide bonds. The van der Waals surface area contributed by atoms with Crippen molar-refractivity contribution in [3.05, 3.63) is 0 Å². The van der Waals surface area contributed by atoms with Crippen LogP contribution in [0.25, 0.3) is 0 Å². The lowest BCUT2D eigenvalue weighted by molar-refractivity contribution is -0.330. The van der Waals surface area contributed by atoms with Crippen molar-refractivity contribution >= 4 is 18.2 Å². The third-order valence-electron chi connectivity index (χ3n) is 0.763. The second-order valence-corrected chi connectivity index (χ2v) is 2.34. The van der Waals surface area contributed by atoms with Gasteiger partial charge in [-0.1, -0.05) is 0 Å². The first-order chi connectivity index (χ1) is 4.58. The van der Waals surface area contributed by atoms with Gasteiger partial charge in [0.1, 0.15) is 12.3 Å². The molecule has 0 aromatic rings. The number of hydrogen-bond donors (Lipinski definition) is 0. The fourth-order valence-corrected chi connectivity index (χ4v) is 1.00. The summed E-state index contributed by atoms with van der Waals surface area (Å²) in [4.78, 5) is 0. The number of alkyl halides is 3. The fourth-order valence-electron chi connectivity index (χ4n) is 0.460. The van der Waals surface area contributed by atoms with E-state index in [1.165, 1.54) is 0 Å². The predicted molar refractivity (Wildman–Crippen MR) is 30.8 cm³/mol. The second kappa shape index (κ2) is 2.79. The van der Waals surface area contributed by atoms with Gasteiger partial charge in [-0.2, -0.15) is 0 Å². The summed E-state index contributed by atoms with van der Waals surface area (Å²) >= 11 is 1.01. The maximum absolute atomic E-state index is 11.4. The zero-order chi connectivity index (χ0) is 7.61.